The van der Waals surface area contributed by atoms with Crippen LogP contribution in [0.3, 0.4) is 0 Å². The van der Waals surface area contributed by atoms with E-state index >= 15 is 0 Å². The average Bonchev–Trinajstić information content (AvgIpc) is 2.33. The number of hydrogen-bond donors (Lipinski definition) is 2. The minimum absolute atomic E-state index is 0.00266. The van der Waals surface area contributed by atoms with E-state index in [4.69, 9.17) is 15.9 Å². The lowest BCUT2D eigenvalue weighted by Gasteiger charge is -2.09. The molecule has 0 aliphatic carbocycles. The molecule has 0 radical (unpaired) electrons. The molecule has 0 saturated heterocycles. The summed E-state index contributed by atoms with van der Waals surface area (Å²) < 4.78 is 5.69. The van der Waals surface area contributed by atoms with E-state index in [1.807, 2.05) is 32.0 Å². The maximum absolute atomic E-state index is 7.38. The van der Waals surface area contributed by atoms with Crippen LogP contribution in [-0.2, 0) is 0 Å². The molecule has 0 bridgehead atoms. The topological polar surface area (TPSA) is 72.0 Å². The van der Waals surface area contributed by atoms with Gasteiger partial charge in [0, 0.05) is 17.8 Å². The van der Waals surface area contributed by atoms with Gasteiger partial charge in [-0.25, -0.2) is 4.98 Å². The number of aryl methyl sites for hydroxylation is 2. The Morgan fingerprint density at radius 1 is 1.22 bits per heavy atom. The SMILES string of the molecule is Cc1ccc(Oc2cc(C(=N)N)ccn2)c(C)c1. The number of nitrogens with two attached hydrogens (primary N) is 1. The Hall–Kier alpha value is -2.36. The van der Waals surface area contributed by atoms with E-state index in [-0.39, 0.29) is 5.84 Å². The molecule has 0 aliphatic rings. The largest absolute Gasteiger partial charge is 0.439 e. The number of hydrogen-bond acceptors (Lipinski definition) is 3. The van der Waals surface area contributed by atoms with Crippen molar-refractivity contribution in [1.82, 2.24) is 4.98 Å². The van der Waals surface area contributed by atoms with Crippen LogP contribution in [-0.4, -0.2) is 10.8 Å². The molecular weight excluding hydrogens is 226 g/mol. The molecule has 92 valence electrons. The molecule has 0 spiro atoms. The minimum atomic E-state index is 0.00266. The summed E-state index contributed by atoms with van der Waals surface area (Å²) in [6, 6.07) is 9.27. The van der Waals surface area contributed by atoms with Crippen LogP contribution >= 0.6 is 0 Å². The summed E-state index contributed by atoms with van der Waals surface area (Å²) in [5, 5.41) is 7.38. The second-order valence-corrected chi connectivity index (χ2v) is 4.17. The third-order valence-electron chi connectivity index (χ3n) is 2.59. The predicted octanol–water partition coefficient (Wildman–Crippen LogP) is 2.77. The summed E-state index contributed by atoms with van der Waals surface area (Å²) in [4.78, 5) is 4.11. The van der Waals surface area contributed by atoms with Gasteiger partial charge < -0.3 is 10.5 Å². The smallest absolute Gasteiger partial charge is 0.219 e. The standard InChI is InChI=1S/C14H15N3O/c1-9-3-4-12(10(2)7-9)18-13-8-11(14(15)16)5-6-17-13/h3-8H,1-2H3,(H3,15,16). The van der Waals surface area contributed by atoms with Gasteiger partial charge in [-0.15, -0.1) is 0 Å². The van der Waals surface area contributed by atoms with Gasteiger partial charge in [-0.05, 0) is 31.5 Å². The van der Waals surface area contributed by atoms with Crippen molar-refractivity contribution in [1.29, 1.82) is 5.41 Å². The number of rotatable bonds is 3. The van der Waals surface area contributed by atoms with Crippen LogP contribution in [0.5, 0.6) is 11.6 Å². The fraction of sp³-hybridized carbons (Fsp3) is 0.143. The zero-order chi connectivity index (χ0) is 13.1. The van der Waals surface area contributed by atoms with Gasteiger partial charge in [0.25, 0.3) is 0 Å². The van der Waals surface area contributed by atoms with E-state index < -0.39 is 0 Å². The first kappa shape index (κ1) is 12.1. The summed E-state index contributed by atoms with van der Waals surface area (Å²) in [5.41, 5.74) is 8.26. The number of benzene rings is 1. The van der Waals surface area contributed by atoms with Crippen molar-refractivity contribution in [3.8, 4) is 11.6 Å². The summed E-state index contributed by atoms with van der Waals surface area (Å²) in [6.45, 7) is 4.02. The number of nitrogens with one attached hydrogen (secondary N) is 1. The minimum Gasteiger partial charge on any atom is -0.439 e. The molecule has 0 fully saturated rings. The molecule has 0 amide bonds. The van der Waals surface area contributed by atoms with Crippen LogP contribution < -0.4 is 10.5 Å². The summed E-state index contributed by atoms with van der Waals surface area (Å²) >= 11 is 0. The highest BCUT2D eigenvalue weighted by molar-refractivity contribution is 5.95. The second kappa shape index (κ2) is 4.87. The average molecular weight is 241 g/mol. The zero-order valence-corrected chi connectivity index (χ0v) is 10.4. The van der Waals surface area contributed by atoms with E-state index in [9.17, 15) is 0 Å². The van der Waals surface area contributed by atoms with Crippen LogP contribution in [0.1, 0.15) is 16.7 Å². The number of ether oxygens (including phenoxy) is 1. The Bertz CT molecular complexity index is 593. The molecule has 1 heterocycles. The molecule has 3 N–H and O–H groups in total. The van der Waals surface area contributed by atoms with Crippen molar-refractivity contribution < 1.29 is 4.74 Å². The normalized spacial score (nSPS) is 10.1. The van der Waals surface area contributed by atoms with Crippen LogP contribution in [0, 0.1) is 19.3 Å². The quantitative estimate of drug-likeness (QED) is 0.641. The van der Waals surface area contributed by atoms with E-state index in [0.29, 0.717) is 11.4 Å². The lowest BCUT2D eigenvalue weighted by atomic mass is 10.1. The number of aromatic nitrogens is 1. The molecule has 0 unspecified atom stereocenters. The van der Waals surface area contributed by atoms with Gasteiger partial charge in [0.1, 0.15) is 11.6 Å². The first-order valence-corrected chi connectivity index (χ1v) is 5.62. The van der Waals surface area contributed by atoms with Gasteiger partial charge in [0.15, 0.2) is 0 Å². The predicted molar refractivity (Wildman–Crippen MR) is 71.2 cm³/mol. The molecule has 4 nitrogen and oxygen atoms in total. The molecular formula is C14H15N3O. The molecule has 1 aromatic carbocycles. The van der Waals surface area contributed by atoms with E-state index in [1.54, 1.807) is 18.3 Å². The van der Waals surface area contributed by atoms with E-state index in [1.165, 1.54) is 5.56 Å². The monoisotopic (exact) mass is 241 g/mol. The van der Waals surface area contributed by atoms with Gasteiger partial charge in [0.2, 0.25) is 5.88 Å². The van der Waals surface area contributed by atoms with Crippen molar-refractivity contribution in [3.63, 3.8) is 0 Å². The Morgan fingerprint density at radius 3 is 2.67 bits per heavy atom. The van der Waals surface area contributed by atoms with Crippen molar-refractivity contribution in [2.45, 2.75) is 13.8 Å². The van der Waals surface area contributed by atoms with Gasteiger partial charge in [0.05, 0.1) is 0 Å². The highest BCUT2D eigenvalue weighted by atomic mass is 16.5. The fourth-order valence-electron chi connectivity index (χ4n) is 1.66. The van der Waals surface area contributed by atoms with Gasteiger partial charge in [-0.3, -0.25) is 5.41 Å². The van der Waals surface area contributed by atoms with Crippen molar-refractivity contribution in [2.24, 2.45) is 5.73 Å². The Morgan fingerprint density at radius 2 is 2.00 bits per heavy atom. The summed E-state index contributed by atoms with van der Waals surface area (Å²) in [7, 11) is 0. The Kier molecular flexibility index (Phi) is 3.28. The van der Waals surface area contributed by atoms with Gasteiger partial charge in [-0.2, -0.15) is 0 Å². The molecule has 2 aromatic rings. The van der Waals surface area contributed by atoms with Crippen LogP contribution in [0.25, 0.3) is 0 Å². The van der Waals surface area contributed by atoms with E-state index in [0.717, 1.165) is 11.3 Å². The van der Waals surface area contributed by atoms with E-state index in [2.05, 4.69) is 4.98 Å². The molecule has 0 aliphatic heterocycles. The molecule has 0 saturated carbocycles. The Balaban J connectivity index is 2.28. The summed E-state index contributed by atoms with van der Waals surface area (Å²) in [5.74, 6) is 1.20. The van der Waals surface area contributed by atoms with Crippen LogP contribution in [0.4, 0.5) is 0 Å². The Labute approximate surface area is 106 Å². The lowest BCUT2D eigenvalue weighted by Crippen LogP contribution is -2.11. The number of amidine groups is 1. The maximum Gasteiger partial charge on any atom is 0.219 e. The highest BCUT2D eigenvalue weighted by Crippen LogP contribution is 2.24. The molecule has 2 rings (SSSR count). The number of nitrogen functional groups attached to an aromatic ring is 1. The molecule has 4 heteroatoms. The van der Waals surface area contributed by atoms with Crippen molar-refractivity contribution in [3.05, 3.63) is 53.2 Å². The third-order valence-corrected chi connectivity index (χ3v) is 2.59. The van der Waals surface area contributed by atoms with Gasteiger partial charge >= 0.3 is 0 Å². The molecule has 1 aromatic heterocycles. The second-order valence-electron chi connectivity index (χ2n) is 4.17. The fourth-order valence-corrected chi connectivity index (χ4v) is 1.66. The van der Waals surface area contributed by atoms with Crippen molar-refractivity contribution >= 4 is 5.84 Å². The lowest BCUT2D eigenvalue weighted by molar-refractivity contribution is 0.459. The number of pyridine rings is 1. The van der Waals surface area contributed by atoms with Gasteiger partial charge in [-0.1, -0.05) is 17.7 Å². The third kappa shape index (κ3) is 2.66. The van der Waals surface area contributed by atoms with Crippen LogP contribution in [0.15, 0.2) is 36.5 Å². The summed E-state index contributed by atoms with van der Waals surface area (Å²) in [6.07, 6.45) is 1.58. The highest BCUT2D eigenvalue weighted by Gasteiger charge is 2.04. The van der Waals surface area contributed by atoms with Crippen LogP contribution in [0.2, 0.25) is 0 Å². The first-order chi connectivity index (χ1) is 8.56. The molecule has 18 heavy (non-hydrogen) atoms. The first-order valence-electron chi connectivity index (χ1n) is 5.62. The maximum atomic E-state index is 7.38. The zero-order valence-electron chi connectivity index (χ0n) is 10.4. The number of nitrogens with zero attached hydrogens (tertiary/aromatic N) is 1. The molecule has 0 atom stereocenters. The van der Waals surface area contributed by atoms with Crippen molar-refractivity contribution in [2.75, 3.05) is 0 Å².